The lowest BCUT2D eigenvalue weighted by Crippen LogP contribution is -2.30. The van der Waals surface area contributed by atoms with Gasteiger partial charge >= 0.3 is 0 Å². The second-order valence-electron chi connectivity index (χ2n) is 5.75. The molecule has 1 aliphatic carbocycles. The second kappa shape index (κ2) is 6.77. The monoisotopic (exact) mass is 302 g/mol. The molecule has 0 unspecified atom stereocenters. The number of imidazole rings is 1. The van der Waals surface area contributed by atoms with Crippen LogP contribution < -0.4 is 10.1 Å². The Morgan fingerprint density at radius 3 is 2.95 bits per heavy atom. The second-order valence-corrected chi connectivity index (χ2v) is 5.75. The Kier molecular flexibility index (Phi) is 4.56. The van der Waals surface area contributed by atoms with E-state index in [-0.39, 0.29) is 5.91 Å². The Hall–Kier alpha value is -2.11. The van der Waals surface area contributed by atoms with Crippen molar-refractivity contribution in [1.29, 1.82) is 0 Å². The van der Waals surface area contributed by atoms with E-state index < -0.39 is 0 Å². The minimum atomic E-state index is -0.131. The summed E-state index contributed by atoms with van der Waals surface area (Å²) >= 11 is 0. The molecule has 2 aromatic rings. The van der Waals surface area contributed by atoms with Gasteiger partial charge in [0.25, 0.3) is 5.91 Å². The van der Waals surface area contributed by atoms with Gasteiger partial charge in [-0.15, -0.1) is 5.10 Å². The lowest BCUT2D eigenvalue weighted by molar-refractivity contribution is 0.0939. The van der Waals surface area contributed by atoms with Crippen molar-refractivity contribution >= 4 is 11.6 Å². The predicted octanol–water partition coefficient (Wildman–Crippen LogP) is 2.44. The largest absolute Gasteiger partial charge is 0.477 e. The van der Waals surface area contributed by atoms with Crippen LogP contribution >= 0.6 is 0 Å². The number of hydrogen-bond donors (Lipinski definition) is 1. The molecule has 1 fully saturated rings. The average Bonchev–Trinajstić information content (AvgIpc) is 2.97. The number of hydrogen-bond acceptors (Lipinski definition) is 4. The Labute approximate surface area is 129 Å². The molecule has 1 amide bonds. The van der Waals surface area contributed by atoms with Crippen LogP contribution in [0.5, 0.6) is 5.88 Å². The van der Waals surface area contributed by atoms with Gasteiger partial charge in [0, 0.05) is 12.6 Å². The van der Waals surface area contributed by atoms with E-state index in [0.29, 0.717) is 29.7 Å². The van der Waals surface area contributed by atoms with Gasteiger partial charge in [0.1, 0.15) is 5.69 Å². The first-order chi connectivity index (χ1) is 10.8. The van der Waals surface area contributed by atoms with E-state index >= 15 is 0 Å². The summed E-state index contributed by atoms with van der Waals surface area (Å²) in [7, 11) is 0. The van der Waals surface area contributed by atoms with Crippen LogP contribution in [0, 0.1) is 5.92 Å². The Balaban J connectivity index is 1.65. The fourth-order valence-corrected chi connectivity index (χ4v) is 2.92. The number of rotatable bonds is 5. The summed E-state index contributed by atoms with van der Waals surface area (Å²) in [4.78, 5) is 16.5. The summed E-state index contributed by atoms with van der Waals surface area (Å²) in [6.07, 6.45) is 7.95. The van der Waals surface area contributed by atoms with Crippen LogP contribution in [-0.4, -0.2) is 33.7 Å². The van der Waals surface area contributed by atoms with Crippen LogP contribution in [0.3, 0.4) is 0 Å². The fraction of sp³-hybridized carbons (Fsp3) is 0.562. The molecule has 0 bridgehead atoms. The minimum absolute atomic E-state index is 0.131. The van der Waals surface area contributed by atoms with E-state index in [2.05, 4.69) is 15.4 Å². The highest BCUT2D eigenvalue weighted by atomic mass is 16.5. The van der Waals surface area contributed by atoms with E-state index in [4.69, 9.17) is 4.74 Å². The lowest BCUT2D eigenvalue weighted by Gasteiger charge is -2.21. The molecule has 0 spiro atoms. The van der Waals surface area contributed by atoms with Gasteiger partial charge < -0.3 is 10.1 Å². The molecule has 0 aliphatic heterocycles. The number of fused-ring (bicyclic) bond motifs is 1. The molecule has 1 N–H and O–H groups in total. The van der Waals surface area contributed by atoms with Crippen LogP contribution in [0.2, 0.25) is 0 Å². The first-order valence-electron chi connectivity index (χ1n) is 8.03. The smallest absolute Gasteiger partial charge is 0.271 e. The summed E-state index contributed by atoms with van der Waals surface area (Å²) in [5.74, 6) is 1.01. The van der Waals surface area contributed by atoms with Gasteiger partial charge in [0.05, 0.1) is 12.8 Å². The molecule has 3 rings (SSSR count). The minimum Gasteiger partial charge on any atom is -0.477 e. The maximum absolute atomic E-state index is 12.2. The highest BCUT2D eigenvalue weighted by molar-refractivity contribution is 5.92. The number of ether oxygens (including phenoxy) is 1. The topological polar surface area (TPSA) is 68.5 Å². The van der Waals surface area contributed by atoms with E-state index in [1.54, 1.807) is 22.8 Å². The molecule has 22 heavy (non-hydrogen) atoms. The van der Waals surface area contributed by atoms with Gasteiger partial charge in [-0.05, 0) is 31.7 Å². The third-order valence-electron chi connectivity index (χ3n) is 4.10. The van der Waals surface area contributed by atoms with Gasteiger partial charge in [-0.25, -0.2) is 9.50 Å². The molecule has 1 saturated carbocycles. The number of nitrogens with one attached hydrogen (secondary N) is 1. The highest BCUT2D eigenvalue weighted by Crippen LogP contribution is 2.22. The van der Waals surface area contributed by atoms with Crippen LogP contribution in [-0.2, 0) is 0 Å². The van der Waals surface area contributed by atoms with Gasteiger partial charge in [0.2, 0.25) is 5.88 Å². The molecule has 6 nitrogen and oxygen atoms in total. The van der Waals surface area contributed by atoms with Crippen LogP contribution in [0.4, 0.5) is 0 Å². The van der Waals surface area contributed by atoms with Crippen LogP contribution in [0.15, 0.2) is 18.3 Å². The number of carbonyl (C=O) groups excluding carboxylic acids is 1. The van der Waals surface area contributed by atoms with Crippen molar-refractivity contribution in [2.75, 3.05) is 13.2 Å². The molecular formula is C16H22N4O2. The molecule has 1 aliphatic rings. The SMILES string of the molecule is CCOc1ccc2nc(C(=O)NCC3CCCCC3)cn2n1. The Bertz CT molecular complexity index is 647. The molecule has 0 aromatic carbocycles. The quantitative estimate of drug-likeness (QED) is 0.921. The number of carbonyl (C=O) groups is 1. The third-order valence-corrected chi connectivity index (χ3v) is 4.10. The number of amides is 1. The molecule has 0 atom stereocenters. The molecular weight excluding hydrogens is 280 g/mol. The highest BCUT2D eigenvalue weighted by Gasteiger charge is 2.16. The summed E-state index contributed by atoms with van der Waals surface area (Å²) in [6, 6.07) is 3.56. The summed E-state index contributed by atoms with van der Waals surface area (Å²) in [5, 5.41) is 7.27. The maximum atomic E-state index is 12.2. The van der Waals surface area contributed by atoms with Crippen molar-refractivity contribution in [3.8, 4) is 5.88 Å². The van der Waals surface area contributed by atoms with Gasteiger partial charge in [-0.2, -0.15) is 0 Å². The zero-order valence-electron chi connectivity index (χ0n) is 12.9. The van der Waals surface area contributed by atoms with Crippen molar-refractivity contribution in [2.24, 2.45) is 5.92 Å². The third kappa shape index (κ3) is 3.37. The molecule has 2 aromatic heterocycles. The van der Waals surface area contributed by atoms with E-state index in [1.807, 2.05) is 6.92 Å². The first kappa shape index (κ1) is 14.8. The molecule has 0 saturated heterocycles. The van der Waals surface area contributed by atoms with Gasteiger partial charge in [-0.3, -0.25) is 4.79 Å². The van der Waals surface area contributed by atoms with Crippen molar-refractivity contribution < 1.29 is 9.53 Å². The molecule has 6 heteroatoms. The number of aromatic nitrogens is 3. The van der Waals surface area contributed by atoms with Crippen LogP contribution in [0.25, 0.3) is 5.65 Å². The van der Waals surface area contributed by atoms with Crippen LogP contribution in [0.1, 0.15) is 49.5 Å². The van der Waals surface area contributed by atoms with Gasteiger partial charge in [-0.1, -0.05) is 19.3 Å². The average molecular weight is 302 g/mol. The zero-order valence-corrected chi connectivity index (χ0v) is 12.9. The first-order valence-corrected chi connectivity index (χ1v) is 8.03. The Morgan fingerprint density at radius 1 is 1.36 bits per heavy atom. The van der Waals surface area contributed by atoms with E-state index in [1.165, 1.54) is 32.1 Å². The van der Waals surface area contributed by atoms with Crippen molar-refractivity contribution in [3.63, 3.8) is 0 Å². The number of nitrogens with zero attached hydrogens (tertiary/aromatic N) is 3. The standard InChI is InChI=1S/C16H22N4O2/c1-2-22-15-9-8-14-18-13(11-20(14)19-15)16(21)17-10-12-6-4-3-5-7-12/h8-9,11-12H,2-7,10H2,1H3,(H,17,21). The van der Waals surface area contributed by atoms with E-state index in [0.717, 1.165) is 6.54 Å². The molecule has 0 radical (unpaired) electrons. The molecule has 2 heterocycles. The summed E-state index contributed by atoms with van der Waals surface area (Å²) in [6.45, 7) is 3.20. The van der Waals surface area contributed by atoms with Crippen molar-refractivity contribution in [3.05, 3.63) is 24.0 Å². The predicted molar refractivity (Wildman–Crippen MR) is 83.1 cm³/mol. The fourth-order valence-electron chi connectivity index (χ4n) is 2.92. The summed E-state index contributed by atoms with van der Waals surface area (Å²) in [5.41, 5.74) is 1.04. The lowest BCUT2D eigenvalue weighted by atomic mass is 9.89. The Morgan fingerprint density at radius 2 is 2.18 bits per heavy atom. The molecule has 118 valence electrons. The van der Waals surface area contributed by atoms with Crippen molar-refractivity contribution in [1.82, 2.24) is 19.9 Å². The van der Waals surface area contributed by atoms with E-state index in [9.17, 15) is 4.79 Å². The van der Waals surface area contributed by atoms with Gasteiger partial charge in [0.15, 0.2) is 5.65 Å². The normalized spacial score (nSPS) is 15.9. The maximum Gasteiger partial charge on any atom is 0.271 e. The van der Waals surface area contributed by atoms with Crippen molar-refractivity contribution in [2.45, 2.75) is 39.0 Å². The zero-order chi connectivity index (χ0) is 15.4. The summed E-state index contributed by atoms with van der Waals surface area (Å²) < 4.78 is 6.93.